The Labute approximate surface area is 135 Å². The molecule has 1 aromatic carbocycles. The number of aliphatic carboxylic acids is 1. The van der Waals surface area contributed by atoms with Gasteiger partial charge in [-0.05, 0) is 29.5 Å². The summed E-state index contributed by atoms with van der Waals surface area (Å²) in [6.45, 7) is 1.85. The number of hydrogen-bond donors (Lipinski definition) is 2. The van der Waals surface area contributed by atoms with Gasteiger partial charge in [-0.25, -0.2) is 0 Å². The summed E-state index contributed by atoms with van der Waals surface area (Å²) < 4.78 is 12.8. The number of aromatic nitrogens is 1. The number of rotatable bonds is 7. The lowest BCUT2D eigenvalue weighted by molar-refractivity contribution is -0.137. The third-order valence-electron chi connectivity index (χ3n) is 3.71. The fourth-order valence-electron chi connectivity index (χ4n) is 2.49. The molecule has 0 fully saturated rings. The quantitative estimate of drug-likeness (QED) is 0.760. The molecular weight excluding hydrogens is 313 g/mol. The van der Waals surface area contributed by atoms with Gasteiger partial charge in [0, 0.05) is 12.6 Å². The van der Waals surface area contributed by atoms with E-state index >= 15 is 0 Å². The Hall–Kier alpha value is -1.97. The minimum atomic E-state index is -3.66. The molecule has 2 unspecified atom stereocenters. The number of carbonyl (C=O) groups is 1. The molecule has 0 aliphatic rings. The monoisotopic (exact) mass is 333 g/mol. The molecule has 0 bridgehead atoms. The molecule has 23 heavy (non-hydrogen) atoms. The third-order valence-corrected chi connectivity index (χ3v) is 5.54. The van der Waals surface area contributed by atoms with Gasteiger partial charge in [-0.1, -0.05) is 43.3 Å². The van der Waals surface area contributed by atoms with Crippen LogP contribution in [-0.4, -0.2) is 21.0 Å². The smallest absolute Gasteiger partial charge is 0.303 e. The fraction of sp³-hybridized carbons (Fsp3) is 0.294. The summed E-state index contributed by atoms with van der Waals surface area (Å²) in [6, 6.07) is 12.6. The lowest BCUT2D eigenvalue weighted by Gasteiger charge is -2.18. The summed E-state index contributed by atoms with van der Waals surface area (Å²) in [6.07, 6.45) is 1.93. The Kier molecular flexibility index (Phi) is 5.69. The zero-order chi connectivity index (χ0) is 16.9. The van der Waals surface area contributed by atoms with Crippen molar-refractivity contribution in [1.29, 1.82) is 0 Å². The molecule has 2 N–H and O–H groups in total. The molecule has 0 saturated heterocycles. The Balaban J connectivity index is 2.28. The number of nitrogens with zero attached hydrogens (tertiary/aromatic N) is 1. The molecule has 6 heteroatoms. The summed E-state index contributed by atoms with van der Waals surface area (Å²) in [5.41, 5.74) is 1.60. The van der Waals surface area contributed by atoms with Gasteiger partial charge in [0.25, 0.3) is 7.37 Å². The number of carboxylic acid groups (broad SMARTS) is 1. The van der Waals surface area contributed by atoms with Crippen molar-refractivity contribution in [3.8, 4) is 0 Å². The highest BCUT2D eigenvalue weighted by Gasteiger charge is 2.28. The van der Waals surface area contributed by atoms with Gasteiger partial charge in [0.05, 0.1) is 6.16 Å². The highest BCUT2D eigenvalue weighted by Crippen LogP contribution is 2.44. The van der Waals surface area contributed by atoms with E-state index in [0.717, 1.165) is 5.56 Å². The van der Waals surface area contributed by atoms with E-state index in [0.29, 0.717) is 12.0 Å². The topological polar surface area (TPSA) is 87.5 Å². The standard InChI is InChI=1S/C17H20NO4P/c1-13(9-10-16(19)20)15-8-5-11-18-17(15)23(21,22)12-14-6-3-2-4-7-14/h2-8,11,13H,9-10,12H2,1H3,(H,19,20)(H,21,22). The van der Waals surface area contributed by atoms with Crippen LogP contribution in [0.5, 0.6) is 0 Å². The molecule has 1 aromatic heterocycles. The molecule has 122 valence electrons. The number of pyridine rings is 1. The average Bonchev–Trinajstić information content (AvgIpc) is 2.53. The van der Waals surface area contributed by atoms with E-state index in [1.54, 1.807) is 24.3 Å². The van der Waals surface area contributed by atoms with Crippen LogP contribution in [0.2, 0.25) is 0 Å². The predicted molar refractivity (Wildman–Crippen MR) is 89.1 cm³/mol. The second kappa shape index (κ2) is 7.53. The van der Waals surface area contributed by atoms with Crippen molar-refractivity contribution in [2.45, 2.75) is 31.8 Å². The van der Waals surface area contributed by atoms with Crippen molar-refractivity contribution in [2.24, 2.45) is 0 Å². The molecule has 0 radical (unpaired) electrons. The van der Waals surface area contributed by atoms with Crippen LogP contribution in [0, 0.1) is 0 Å². The highest BCUT2D eigenvalue weighted by atomic mass is 31.2. The third kappa shape index (κ3) is 4.75. The maximum atomic E-state index is 12.8. The number of benzene rings is 1. The van der Waals surface area contributed by atoms with Crippen LogP contribution in [-0.2, 0) is 15.5 Å². The van der Waals surface area contributed by atoms with Gasteiger partial charge in [-0.3, -0.25) is 14.3 Å². The van der Waals surface area contributed by atoms with Gasteiger partial charge in [0.15, 0.2) is 0 Å². The molecule has 2 rings (SSSR count). The first-order valence-corrected chi connectivity index (χ1v) is 9.27. The van der Waals surface area contributed by atoms with Crippen LogP contribution in [0.1, 0.15) is 36.8 Å². The van der Waals surface area contributed by atoms with Crippen molar-refractivity contribution < 1.29 is 19.4 Å². The van der Waals surface area contributed by atoms with Crippen molar-refractivity contribution in [3.05, 3.63) is 59.8 Å². The van der Waals surface area contributed by atoms with E-state index in [-0.39, 0.29) is 23.9 Å². The fourth-order valence-corrected chi connectivity index (χ4v) is 4.29. The van der Waals surface area contributed by atoms with Gasteiger partial charge < -0.3 is 10.00 Å². The molecule has 1 heterocycles. The largest absolute Gasteiger partial charge is 0.481 e. The zero-order valence-corrected chi connectivity index (χ0v) is 13.8. The van der Waals surface area contributed by atoms with E-state index in [1.165, 1.54) is 6.20 Å². The average molecular weight is 333 g/mol. The second-order valence-electron chi connectivity index (χ2n) is 5.59. The lowest BCUT2D eigenvalue weighted by atomic mass is 9.98. The van der Waals surface area contributed by atoms with Crippen LogP contribution in [0.3, 0.4) is 0 Å². The van der Waals surface area contributed by atoms with Crippen LogP contribution >= 0.6 is 7.37 Å². The summed E-state index contributed by atoms with van der Waals surface area (Å²) in [5.74, 6) is -1.02. The highest BCUT2D eigenvalue weighted by molar-refractivity contribution is 7.65. The normalized spacial score (nSPS) is 14.9. The van der Waals surface area contributed by atoms with Crippen LogP contribution in [0.25, 0.3) is 0 Å². The van der Waals surface area contributed by atoms with Crippen molar-refractivity contribution >= 4 is 18.8 Å². The Morgan fingerprint density at radius 1 is 1.22 bits per heavy atom. The SMILES string of the molecule is CC(CCC(=O)O)c1cccnc1P(=O)(O)Cc1ccccc1. The van der Waals surface area contributed by atoms with Crippen molar-refractivity contribution in [2.75, 3.05) is 0 Å². The lowest BCUT2D eigenvalue weighted by Crippen LogP contribution is -2.18. The van der Waals surface area contributed by atoms with Gasteiger partial charge in [0.2, 0.25) is 0 Å². The Morgan fingerprint density at radius 3 is 2.57 bits per heavy atom. The first-order chi connectivity index (χ1) is 10.9. The van der Waals surface area contributed by atoms with Crippen LogP contribution < -0.4 is 5.44 Å². The minimum absolute atomic E-state index is 0.0174. The minimum Gasteiger partial charge on any atom is -0.481 e. The zero-order valence-electron chi connectivity index (χ0n) is 12.9. The van der Waals surface area contributed by atoms with E-state index in [1.807, 2.05) is 25.1 Å². The van der Waals surface area contributed by atoms with Crippen molar-refractivity contribution in [3.63, 3.8) is 0 Å². The molecule has 0 spiro atoms. The maximum absolute atomic E-state index is 12.8. The molecule has 0 aliphatic carbocycles. The molecule has 2 atom stereocenters. The molecule has 0 amide bonds. The second-order valence-corrected chi connectivity index (χ2v) is 7.74. The van der Waals surface area contributed by atoms with Crippen LogP contribution in [0.15, 0.2) is 48.7 Å². The van der Waals surface area contributed by atoms with Gasteiger partial charge in [-0.2, -0.15) is 0 Å². The summed E-state index contributed by atoms with van der Waals surface area (Å²) in [4.78, 5) is 25.4. The van der Waals surface area contributed by atoms with E-state index < -0.39 is 13.3 Å². The molecule has 0 aliphatic heterocycles. The number of carboxylic acids is 1. The Bertz CT molecular complexity index is 718. The Morgan fingerprint density at radius 2 is 1.91 bits per heavy atom. The van der Waals surface area contributed by atoms with E-state index in [9.17, 15) is 14.3 Å². The molecule has 2 aromatic rings. The molecular formula is C17H20NO4P. The summed E-state index contributed by atoms with van der Waals surface area (Å²) >= 11 is 0. The molecule has 0 saturated carbocycles. The summed E-state index contributed by atoms with van der Waals surface area (Å²) in [5, 5.41) is 8.81. The van der Waals surface area contributed by atoms with Gasteiger partial charge in [0.1, 0.15) is 5.44 Å². The summed E-state index contributed by atoms with van der Waals surface area (Å²) in [7, 11) is -3.66. The van der Waals surface area contributed by atoms with Gasteiger partial charge in [-0.15, -0.1) is 0 Å². The van der Waals surface area contributed by atoms with Crippen molar-refractivity contribution in [1.82, 2.24) is 4.98 Å². The first-order valence-electron chi connectivity index (χ1n) is 7.43. The van der Waals surface area contributed by atoms with E-state index in [4.69, 9.17) is 5.11 Å². The van der Waals surface area contributed by atoms with E-state index in [2.05, 4.69) is 4.98 Å². The predicted octanol–water partition coefficient (Wildman–Crippen LogP) is 3.15. The van der Waals surface area contributed by atoms with Crippen LogP contribution in [0.4, 0.5) is 0 Å². The first kappa shape index (κ1) is 17.4. The molecule has 5 nitrogen and oxygen atoms in total. The van der Waals surface area contributed by atoms with Gasteiger partial charge >= 0.3 is 5.97 Å². The maximum Gasteiger partial charge on any atom is 0.303 e. The number of hydrogen-bond acceptors (Lipinski definition) is 3.